The molecule has 0 bridgehead atoms. The number of hydrogen-bond acceptors (Lipinski definition) is 4. The summed E-state index contributed by atoms with van der Waals surface area (Å²) in [5.41, 5.74) is 1.28. The first-order valence-electron chi connectivity index (χ1n) is 7.43. The van der Waals surface area contributed by atoms with Gasteiger partial charge in [0.1, 0.15) is 5.82 Å². The molecule has 0 aromatic carbocycles. The lowest BCUT2D eigenvalue weighted by Crippen LogP contribution is -2.36. The summed E-state index contributed by atoms with van der Waals surface area (Å²) in [5.74, 6) is 1.08. The van der Waals surface area contributed by atoms with Crippen LogP contribution in [0.4, 0.5) is 5.82 Å². The summed E-state index contributed by atoms with van der Waals surface area (Å²) in [6.45, 7) is 4.47. The minimum atomic E-state index is 0.721. The van der Waals surface area contributed by atoms with Crippen LogP contribution in [0, 0.1) is 0 Å². The summed E-state index contributed by atoms with van der Waals surface area (Å²) < 4.78 is 5.36. The molecule has 3 rings (SSSR count). The largest absolute Gasteiger partial charge is 0.378 e. The molecular formula is C15H23N3O. The van der Waals surface area contributed by atoms with E-state index >= 15 is 0 Å². The molecule has 2 aliphatic rings. The molecule has 1 aliphatic heterocycles. The Kier molecular flexibility index (Phi) is 4.30. The molecule has 4 nitrogen and oxygen atoms in total. The highest BCUT2D eigenvalue weighted by Crippen LogP contribution is 2.18. The third kappa shape index (κ3) is 3.45. The molecule has 0 unspecified atom stereocenters. The summed E-state index contributed by atoms with van der Waals surface area (Å²) in [4.78, 5) is 6.87. The molecule has 4 heteroatoms. The van der Waals surface area contributed by atoms with Gasteiger partial charge in [-0.25, -0.2) is 4.98 Å². The zero-order valence-electron chi connectivity index (χ0n) is 11.5. The first-order valence-corrected chi connectivity index (χ1v) is 7.43. The van der Waals surface area contributed by atoms with Gasteiger partial charge in [0.25, 0.3) is 0 Å². The third-order valence-electron chi connectivity index (χ3n) is 4.09. The van der Waals surface area contributed by atoms with Crippen molar-refractivity contribution < 1.29 is 4.74 Å². The minimum absolute atomic E-state index is 0.721. The molecule has 19 heavy (non-hydrogen) atoms. The van der Waals surface area contributed by atoms with E-state index in [1.54, 1.807) is 0 Å². The maximum absolute atomic E-state index is 5.36. The molecule has 1 saturated heterocycles. The van der Waals surface area contributed by atoms with Gasteiger partial charge in [0.05, 0.1) is 13.2 Å². The second kappa shape index (κ2) is 6.35. The number of hydrogen-bond donors (Lipinski definition) is 1. The third-order valence-corrected chi connectivity index (χ3v) is 4.09. The summed E-state index contributed by atoms with van der Waals surface area (Å²) >= 11 is 0. The van der Waals surface area contributed by atoms with E-state index in [0.29, 0.717) is 0 Å². The predicted molar refractivity (Wildman–Crippen MR) is 76.4 cm³/mol. The van der Waals surface area contributed by atoms with Crippen LogP contribution in [0.15, 0.2) is 18.3 Å². The Morgan fingerprint density at radius 1 is 1.21 bits per heavy atom. The molecule has 1 N–H and O–H groups in total. The van der Waals surface area contributed by atoms with Gasteiger partial charge in [-0.2, -0.15) is 0 Å². The van der Waals surface area contributed by atoms with E-state index in [4.69, 9.17) is 4.74 Å². The highest BCUT2D eigenvalue weighted by molar-refractivity contribution is 5.39. The van der Waals surface area contributed by atoms with Gasteiger partial charge in [-0.1, -0.05) is 18.9 Å². The highest BCUT2D eigenvalue weighted by atomic mass is 16.5. The Morgan fingerprint density at radius 2 is 2.00 bits per heavy atom. The Morgan fingerprint density at radius 3 is 2.68 bits per heavy atom. The normalized spacial score (nSPS) is 20.9. The summed E-state index contributed by atoms with van der Waals surface area (Å²) in [7, 11) is 0. The van der Waals surface area contributed by atoms with Crippen molar-refractivity contribution in [2.45, 2.75) is 38.3 Å². The number of ether oxygens (including phenoxy) is 1. The van der Waals surface area contributed by atoms with Crippen LogP contribution in [-0.4, -0.2) is 37.3 Å². The van der Waals surface area contributed by atoms with Gasteiger partial charge in [0.15, 0.2) is 0 Å². The van der Waals surface area contributed by atoms with Crippen molar-refractivity contribution in [2.75, 3.05) is 31.2 Å². The highest BCUT2D eigenvalue weighted by Gasteiger charge is 2.14. The van der Waals surface area contributed by atoms with E-state index in [9.17, 15) is 0 Å². The quantitative estimate of drug-likeness (QED) is 0.899. The first-order chi connectivity index (χ1) is 9.42. The Hall–Kier alpha value is -1.13. The van der Waals surface area contributed by atoms with E-state index in [1.807, 2.05) is 6.20 Å². The van der Waals surface area contributed by atoms with Gasteiger partial charge >= 0.3 is 0 Å². The average molecular weight is 261 g/mol. The van der Waals surface area contributed by atoms with E-state index in [-0.39, 0.29) is 0 Å². The topological polar surface area (TPSA) is 37.4 Å². The molecule has 1 saturated carbocycles. The van der Waals surface area contributed by atoms with E-state index in [2.05, 4.69) is 27.3 Å². The van der Waals surface area contributed by atoms with Gasteiger partial charge in [0.2, 0.25) is 0 Å². The van der Waals surface area contributed by atoms with Gasteiger partial charge in [-0.15, -0.1) is 0 Å². The van der Waals surface area contributed by atoms with Crippen LogP contribution in [0.2, 0.25) is 0 Å². The van der Waals surface area contributed by atoms with Crippen molar-refractivity contribution in [3.8, 4) is 0 Å². The van der Waals surface area contributed by atoms with Crippen LogP contribution in [-0.2, 0) is 11.3 Å². The molecule has 2 fully saturated rings. The smallest absolute Gasteiger partial charge is 0.128 e. The monoisotopic (exact) mass is 261 g/mol. The molecular weight excluding hydrogens is 238 g/mol. The number of morpholine rings is 1. The van der Waals surface area contributed by atoms with Gasteiger partial charge in [0, 0.05) is 31.9 Å². The van der Waals surface area contributed by atoms with Crippen LogP contribution >= 0.6 is 0 Å². The molecule has 0 atom stereocenters. The lowest BCUT2D eigenvalue weighted by Gasteiger charge is -2.27. The van der Waals surface area contributed by atoms with E-state index in [0.717, 1.165) is 44.7 Å². The fourth-order valence-corrected chi connectivity index (χ4v) is 2.89. The number of pyridine rings is 1. The van der Waals surface area contributed by atoms with Crippen molar-refractivity contribution in [1.29, 1.82) is 0 Å². The van der Waals surface area contributed by atoms with Crippen molar-refractivity contribution in [3.05, 3.63) is 23.9 Å². The van der Waals surface area contributed by atoms with Crippen LogP contribution < -0.4 is 10.2 Å². The van der Waals surface area contributed by atoms with E-state index in [1.165, 1.54) is 31.2 Å². The van der Waals surface area contributed by atoms with Crippen LogP contribution in [0.25, 0.3) is 0 Å². The van der Waals surface area contributed by atoms with Crippen LogP contribution in [0.3, 0.4) is 0 Å². The Balaban J connectivity index is 1.52. The number of nitrogens with one attached hydrogen (secondary N) is 1. The maximum atomic E-state index is 5.36. The summed E-state index contributed by atoms with van der Waals surface area (Å²) in [6, 6.07) is 5.05. The molecule has 1 aromatic rings. The fraction of sp³-hybridized carbons (Fsp3) is 0.667. The molecule has 1 aliphatic carbocycles. The standard InChI is InChI=1S/C15H23N3O/c1-2-4-14(3-1)16-11-13-5-6-15(17-12-13)18-7-9-19-10-8-18/h5-6,12,14,16H,1-4,7-11H2. The lowest BCUT2D eigenvalue weighted by atomic mass is 10.2. The molecule has 0 spiro atoms. The summed E-state index contributed by atoms with van der Waals surface area (Å²) in [5, 5.41) is 3.62. The number of anilines is 1. The van der Waals surface area contributed by atoms with Gasteiger partial charge in [-0.05, 0) is 24.5 Å². The second-order valence-electron chi connectivity index (χ2n) is 5.49. The van der Waals surface area contributed by atoms with Gasteiger partial charge in [-0.3, -0.25) is 0 Å². The molecule has 104 valence electrons. The van der Waals surface area contributed by atoms with Crippen molar-refractivity contribution >= 4 is 5.82 Å². The second-order valence-corrected chi connectivity index (χ2v) is 5.49. The molecule has 0 amide bonds. The van der Waals surface area contributed by atoms with Gasteiger partial charge < -0.3 is 15.0 Å². The van der Waals surface area contributed by atoms with Crippen molar-refractivity contribution in [2.24, 2.45) is 0 Å². The average Bonchev–Trinajstić information content (AvgIpc) is 3.00. The number of aromatic nitrogens is 1. The molecule has 1 aromatic heterocycles. The predicted octanol–water partition coefficient (Wildman–Crippen LogP) is 1.95. The molecule has 0 radical (unpaired) electrons. The maximum Gasteiger partial charge on any atom is 0.128 e. The lowest BCUT2D eigenvalue weighted by molar-refractivity contribution is 0.122. The van der Waals surface area contributed by atoms with Crippen LogP contribution in [0.5, 0.6) is 0 Å². The summed E-state index contributed by atoms with van der Waals surface area (Å²) in [6.07, 6.45) is 7.43. The fourth-order valence-electron chi connectivity index (χ4n) is 2.89. The van der Waals surface area contributed by atoms with Crippen molar-refractivity contribution in [1.82, 2.24) is 10.3 Å². The SMILES string of the molecule is c1cc(N2CCOCC2)ncc1CNC1CCCC1. The minimum Gasteiger partial charge on any atom is -0.378 e. The van der Waals surface area contributed by atoms with Crippen LogP contribution in [0.1, 0.15) is 31.2 Å². The Bertz CT molecular complexity index is 381. The zero-order chi connectivity index (χ0) is 12.9. The van der Waals surface area contributed by atoms with Crippen molar-refractivity contribution in [3.63, 3.8) is 0 Å². The van der Waals surface area contributed by atoms with E-state index < -0.39 is 0 Å². The number of rotatable bonds is 4. The Labute approximate surface area is 115 Å². The first kappa shape index (κ1) is 12.9. The zero-order valence-corrected chi connectivity index (χ0v) is 11.5. The number of nitrogens with zero attached hydrogens (tertiary/aromatic N) is 2. The molecule has 2 heterocycles.